The lowest BCUT2D eigenvalue weighted by molar-refractivity contribution is 0.203. The molecule has 7 heteroatoms. The van der Waals surface area contributed by atoms with Crippen LogP contribution in [0, 0.1) is 0 Å². The lowest BCUT2D eigenvalue weighted by atomic mass is 10.2. The Morgan fingerprint density at radius 2 is 2.11 bits per heavy atom. The molecule has 1 rings (SSSR count). The van der Waals surface area contributed by atoms with Crippen molar-refractivity contribution in [2.45, 2.75) is 26.3 Å². The quantitative estimate of drug-likeness (QED) is 0.818. The van der Waals surface area contributed by atoms with Gasteiger partial charge >= 0.3 is 0 Å². The van der Waals surface area contributed by atoms with Crippen LogP contribution in [-0.2, 0) is 4.74 Å². The third-order valence-electron chi connectivity index (χ3n) is 2.74. The van der Waals surface area contributed by atoms with Gasteiger partial charge in [-0.15, -0.1) is 0 Å². The third-order valence-corrected chi connectivity index (χ3v) is 2.91. The average Bonchev–Trinajstić information content (AvgIpc) is 2.38. The van der Waals surface area contributed by atoms with Crippen LogP contribution in [0.2, 0.25) is 5.28 Å². The number of ether oxygens (including phenoxy) is 1. The summed E-state index contributed by atoms with van der Waals surface area (Å²) in [7, 11) is 3.42. The van der Waals surface area contributed by atoms with Crippen LogP contribution in [0.15, 0.2) is 0 Å². The summed E-state index contributed by atoms with van der Waals surface area (Å²) in [6, 6.07) is 0.309. The first kappa shape index (κ1) is 14.9. The number of nitrogens with one attached hydrogen (secondary N) is 1. The molecular formula is C11H20ClN5O. The molecule has 1 aromatic heterocycles. The molecule has 0 saturated carbocycles. The highest BCUT2D eigenvalue weighted by Gasteiger charge is 2.17. The zero-order valence-electron chi connectivity index (χ0n) is 11.3. The van der Waals surface area contributed by atoms with Gasteiger partial charge in [-0.3, -0.25) is 0 Å². The van der Waals surface area contributed by atoms with Gasteiger partial charge in [0.1, 0.15) is 0 Å². The Balaban J connectivity index is 2.99. The molecule has 1 N–H and O–H groups in total. The molecule has 0 bridgehead atoms. The van der Waals surface area contributed by atoms with Gasteiger partial charge in [0.05, 0.1) is 6.61 Å². The summed E-state index contributed by atoms with van der Waals surface area (Å²) in [6.45, 7) is 5.57. The first-order chi connectivity index (χ1) is 8.62. The number of rotatable bonds is 7. The molecule has 0 aromatic carbocycles. The number of hydrogen-bond donors (Lipinski definition) is 1. The summed E-state index contributed by atoms with van der Waals surface area (Å²) < 4.78 is 5.11. The highest BCUT2D eigenvalue weighted by Crippen LogP contribution is 2.17. The number of anilines is 2. The van der Waals surface area contributed by atoms with Crippen LogP contribution in [0.1, 0.15) is 20.3 Å². The second kappa shape index (κ2) is 7.33. The van der Waals surface area contributed by atoms with Crippen LogP contribution < -0.4 is 10.2 Å². The zero-order chi connectivity index (χ0) is 13.5. The van der Waals surface area contributed by atoms with Crippen molar-refractivity contribution in [3.8, 4) is 0 Å². The van der Waals surface area contributed by atoms with E-state index in [1.807, 2.05) is 0 Å². The van der Waals surface area contributed by atoms with Crippen LogP contribution in [0.3, 0.4) is 0 Å². The third kappa shape index (κ3) is 3.96. The summed E-state index contributed by atoms with van der Waals surface area (Å²) in [6.07, 6.45) is 0.988. The molecule has 0 aliphatic heterocycles. The van der Waals surface area contributed by atoms with E-state index < -0.39 is 0 Å². The van der Waals surface area contributed by atoms with Crippen molar-refractivity contribution in [1.29, 1.82) is 0 Å². The molecular weight excluding hydrogens is 254 g/mol. The van der Waals surface area contributed by atoms with E-state index in [4.69, 9.17) is 16.3 Å². The predicted molar refractivity (Wildman–Crippen MR) is 73.4 cm³/mol. The lowest BCUT2D eigenvalue weighted by Crippen LogP contribution is -2.37. The first-order valence-corrected chi connectivity index (χ1v) is 6.35. The molecule has 0 aliphatic carbocycles. The van der Waals surface area contributed by atoms with E-state index in [1.54, 1.807) is 14.2 Å². The fraction of sp³-hybridized carbons (Fsp3) is 0.727. The van der Waals surface area contributed by atoms with Crippen LogP contribution in [0.25, 0.3) is 0 Å². The molecule has 1 heterocycles. The van der Waals surface area contributed by atoms with E-state index in [-0.39, 0.29) is 5.28 Å². The van der Waals surface area contributed by atoms with Crippen molar-refractivity contribution >= 4 is 23.5 Å². The first-order valence-electron chi connectivity index (χ1n) is 5.97. The van der Waals surface area contributed by atoms with E-state index in [0.29, 0.717) is 24.5 Å². The summed E-state index contributed by atoms with van der Waals surface area (Å²) in [4.78, 5) is 14.5. The Hall–Kier alpha value is -1.14. The molecule has 0 radical (unpaired) electrons. The van der Waals surface area contributed by atoms with Crippen LogP contribution in [-0.4, -0.2) is 48.3 Å². The van der Waals surface area contributed by atoms with Crippen molar-refractivity contribution in [3.63, 3.8) is 0 Å². The van der Waals surface area contributed by atoms with E-state index in [0.717, 1.165) is 13.0 Å². The lowest BCUT2D eigenvalue weighted by Gasteiger charge is -2.28. The minimum Gasteiger partial charge on any atom is -0.383 e. The summed E-state index contributed by atoms with van der Waals surface area (Å²) in [5, 5.41) is 3.06. The van der Waals surface area contributed by atoms with Crippen LogP contribution >= 0.6 is 11.6 Å². The Kier molecular flexibility index (Phi) is 6.07. The topological polar surface area (TPSA) is 63.2 Å². The van der Waals surface area contributed by atoms with Crippen molar-refractivity contribution in [2.75, 3.05) is 37.5 Å². The maximum atomic E-state index is 5.89. The maximum absolute atomic E-state index is 5.89. The van der Waals surface area contributed by atoms with Gasteiger partial charge in [0, 0.05) is 26.7 Å². The van der Waals surface area contributed by atoms with E-state index in [1.165, 1.54) is 0 Å². The van der Waals surface area contributed by atoms with Gasteiger partial charge in [0.2, 0.25) is 17.2 Å². The van der Waals surface area contributed by atoms with E-state index >= 15 is 0 Å². The molecule has 18 heavy (non-hydrogen) atoms. The van der Waals surface area contributed by atoms with Gasteiger partial charge in [-0.1, -0.05) is 6.92 Å². The molecule has 6 nitrogen and oxygen atoms in total. The zero-order valence-corrected chi connectivity index (χ0v) is 12.0. The van der Waals surface area contributed by atoms with Crippen molar-refractivity contribution in [1.82, 2.24) is 15.0 Å². The molecule has 0 spiro atoms. The smallest absolute Gasteiger partial charge is 0.231 e. The number of aromatic nitrogens is 3. The maximum Gasteiger partial charge on any atom is 0.231 e. The van der Waals surface area contributed by atoms with Crippen molar-refractivity contribution in [2.24, 2.45) is 0 Å². The Labute approximate surface area is 113 Å². The van der Waals surface area contributed by atoms with Crippen molar-refractivity contribution < 1.29 is 4.74 Å². The van der Waals surface area contributed by atoms with Crippen molar-refractivity contribution in [3.05, 3.63) is 5.28 Å². The molecule has 0 saturated heterocycles. The molecule has 1 aromatic rings. The highest BCUT2D eigenvalue weighted by molar-refractivity contribution is 6.28. The summed E-state index contributed by atoms with van der Waals surface area (Å²) >= 11 is 5.89. The summed E-state index contributed by atoms with van der Waals surface area (Å²) in [5.74, 6) is 1.04. The molecule has 1 atom stereocenters. The number of hydrogen-bond acceptors (Lipinski definition) is 6. The van der Waals surface area contributed by atoms with Crippen LogP contribution in [0.5, 0.6) is 0 Å². The van der Waals surface area contributed by atoms with Gasteiger partial charge in [-0.05, 0) is 24.9 Å². The standard InChI is InChI=1S/C11H20ClN5O/c1-5-8(2)17(6-7-18-4)11-15-9(12)14-10(13-3)16-11/h8H,5-7H2,1-4H3,(H,13,14,15,16). The Morgan fingerprint density at radius 1 is 1.39 bits per heavy atom. The van der Waals surface area contributed by atoms with E-state index in [9.17, 15) is 0 Å². The van der Waals surface area contributed by atoms with Gasteiger partial charge < -0.3 is 15.0 Å². The Morgan fingerprint density at radius 3 is 2.67 bits per heavy atom. The van der Waals surface area contributed by atoms with Gasteiger partial charge in [0.25, 0.3) is 0 Å². The number of nitrogens with zero attached hydrogens (tertiary/aromatic N) is 4. The van der Waals surface area contributed by atoms with Gasteiger partial charge in [-0.25, -0.2) is 0 Å². The predicted octanol–water partition coefficient (Wildman–Crippen LogP) is 1.82. The number of halogens is 1. The largest absolute Gasteiger partial charge is 0.383 e. The fourth-order valence-electron chi connectivity index (χ4n) is 1.51. The average molecular weight is 274 g/mol. The molecule has 1 unspecified atom stereocenters. The minimum atomic E-state index is 0.190. The van der Waals surface area contributed by atoms with Crippen LogP contribution in [0.4, 0.5) is 11.9 Å². The van der Waals surface area contributed by atoms with Gasteiger partial charge in [0.15, 0.2) is 0 Å². The van der Waals surface area contributed by atoms with E-state index in [2.05, 4.69) is 39.0 Å². The minimum absolute atomic E-state index is 0.190. The SMILES string of the molecule is CCC(C)N(CCOC)c1nc(Cl)nc(NC)n1. The highest BCUT2D eigenvalue weighted by atomic mass is 35.5. The molecule has 0 fully saturated rings. The Bertz CT molecular complexity index is 376. The fourth-order valence-corrected chi connectivity index (χ4v) is 1.66. The molecule has 0 aliphatic rings. The normalized spacial score (nSPS) is 12.3. The number of methoxy groups -OCH3 is 1. The molecule has 0 amide bonds. The second-order valence-electron chi connectivity index (χ2n) is 3.92. The monoisotopic (exact) mass is 273 g/mol. The van der Waals surface area contributed by atoms with Gasteiger partial charge in [-0.2, -0.15) is 15.0 Å². The summed E-state index contributed by atoms with van der Waals surface area (Å²) in [5.41, 5.74) is 0. The molecule has 102 valence electrons. The second-order valence-corrected chi connectivity index (χ2v) is 4.26.